The molecule has 1 aliphatic heterocycles. The van der Waals surface area contributed by atoms with Crippen LogP contribution in [0.1, 0.15) is 46.6 Å². The van der Waals surface area contributed by atoms with E-state index in [9.17, 15) is 9.59 Å². The molecule has 0 aromatic heterocycles. The van der Waals surface area contributed by atoms with Gasteiger partial charge in [0, 0.05) is 23.3 Å². The molecule has 0 saturated carbocycles. The predicted octanol–water partition coefficient (Wildman–Crippen LogP) is 4.54. The molecular weight excluding hydrogens is 394 g/mol. The molecule has 156 valence electrons. The second kappa shape index (κ2) is 8.20. The smallest absolute Gasteiger partial charge is 0.330 e. The minimum atomic E-state index is -0.716. The lowest BCUT2D eigenvalue weighted by Gasteiger charge is -2.34. The molecule has 0 spiro atoms. The molecule has 2 aromatic carbocycles. The van der Waals surface area contributed by atoms with E-state index in [-0.39, 0.29) is 23.0 Å². The second-order valence-electron chi connectivity index (χ2n) is 8.22. The van der Waals surface area contributed by atoms with Crippen molar-refractivity contribution in [2.24, 2.45) is 5.92 Å². The van der Waals surface area contributed by atoms with E-state index >= 15 is 0 Å². The van der Waals surface area contributed by atoms with E-state index in [2.05, 4.69) is 4.84 Å². The molecule has 29 heavy (non-hydrogen) atoms. The van der Waals surface area contributed by atoms with Crippen molar-refractivity contribution in [3.8, 4) is 17.2 Å². The number of esters is 2. The third-order valence-corrected chi connectivity index (χ3v) is 5.25. The Balaban J connectivity index is 2.23. The van der Waals surface area contributed by atoms with Crippen molar-refractivity contribution < 1.29 is 23.8 Å². The van der Waals surface area contributed by atoms with Crippen molar-refractivity contribution in [3.63, 3.8) is 0 Å². The Morgan fingerprint density at radius 2 is 1.79 bits per heavy atom. The highest BCUT2D eigenvalue weighted by atomic mass is 35.5. The number of benzene rings is 2. The first-order valence-electron chi connectivity index (χ1n) is 9.67. The van der Waals surface area contributed by atoms with Crippen LogP contribution in [0.4, 0.5) is 0 Å². The molecule has 1 aliphatic rings. The summed E-state index contributed by atoms with van der Waals surface area (Å²) in [4.78, 5) is 27.1. The van der Waals surface area contributed by atoms with Gasteiger partial charge in [-0.2, -0.15) is 0 Å². The van der Waals surface area contributed by atoms with Crippen LogP contribution in [0.25, 0.3) is 10.8 Å². The van der Waals surface area contributed by atoms with Gasteiger partial charge in [-0.1, -0.05) is 38.1 Å². The number of carbonyl (C=O) groups excluding carboxylic acids is 2. The summed E-state index contributed by atoms with van der Waals surface area (Å²) in [6.45, 7) is 9.06. The minimum absolute atomic E-state index is 0.0924. The van der Waals surface area contributed by atoms with Crippen molar-refractivity contribution >= 4 is 34.5 Å². The molecule has 1 atom stereocenters. The summed E-state index contributed by atoms with van der Waals surface area (Å²) in [6, 6.07) is 6.73. The number of ether oxygens (including phenoxy) is 3. The Morgan fingerprint density at radius 3 is 2.38 bits per heavy atom. The normalized spacial score (nSPS) is 16.1. The maximum absolute atomic E-state index is 12.8. The molecular formula is C22H26ClNO5. The SMILES string of the molecule is CC(=O)Oc1c2c(c3ccccc3c1OC(=O)[C@@H](NCl)C(C)C)OC(C)(C)CC2. The summed E-state index contributed by atoms with van der Waals surface area (Å²) in [5.74, 6) is -0.0485. The summed E-state index contributed by atoms with van der Waals surface area (Å²) in [7, 11) is 0. The largest absolute Gasteiger partial charge is 0.487 e. The maximum atomic E-state index is 12.8. The zero-order valence-electron chi connectivity index (χ0n) is 17.3. The quantitative estimate of drug-likeness (QED) is 0.435. The molecule has 0 unspecified atom stereocenters. The van der Waals surface area contributed by atoms with Crippen LogP contribution in [0.15, 0.2) is 24.3 Å². The summed E-state index contributed by atoms with van der Waals surface area (Å²) in [5.41, 5.74) is 0.369. The van der Waals surface area contributed by atoms with Crippen LogP contribution < -0.4 is 19.0 Å². The van der Waals surface area contributed by atoms with Gasteiger partial charge >= 0.3 is 11.9 Å². The summed E-state index contributed by atoms with van der Waals surface area (Å²) in [6.07, 6.45) is 1.36. The van der Waals surface area contributed by atoms with Crippen molar-refractivity contribution in [3.05, 3.63) is 29.8 Å². The third kappa shape index (κ3) is 4.33. The van der Waals surface area contributed by atoms with Crippen molar-refractivity contribution in [2.75, 3.05) is 0 Å². The highest BCUT2D eigenvalue weighted by Gasteiger charge is 2.34. The van der Waals surface area contributed by atoms with Gasteiger partial charge in [-0.25, -0.2) is 9.63 Å². The Bertz CT molecular complexity index is 954. The first-order valence-corrected chi connectivity index (χ1v) is 10.0. The number of halogens is 1. The van der Waals surface area contributed by atoms with E-state index in [1.54, 1.807) is 0 Å². The molecule has 2 aromatic rings. The second-order valence-corrected chi connectivity index (χ2v) is 8.44. The monoisotopic (exact) mass is 419 g/mol. The molecule has 6 nitrogen and oxygen atoms in total. The molecule has 1 heterocycles. The molecule has 1 N–H and O–H groups in total. The lowest BCUT2D eigenvalue weighted by molar-refractivity contribution is -0.138. The zero-order chi connectivity index (χ0) is 21.3. The van der Waals surface area contributed by atoms with Gasteiger partial charge in [-0.15, -0.1) is 0 Å². The van der Waals surface area contributed by atoms with Crippen LogP contribution in [-0.4, -0.2) is 23.6 Å². The fourth-order valence-corrected chi connectivity index (χ4v) is 3.80. The van der Waals surface area contributed by atoms with Crippen molar-refractivity contribution in [1.82, 2.24) is 4.84 Å². The summed E-state index contributed by atoms with van der Waals surface area (Å²) < 4.78 is 17.6. The highest BCUT2D eigenvalue weighted by molar-refractivity contribution is 6.15. The van der Waals surface area contributed by atoms with Crippen molar-refractivity contribution in [2.45, 2.75) is 59.1 Å². The van der Waals surface area contributed by atoms with Gasteiger partial charge in [0.15, 0.2) is 11.5 Å². The van der Waals surface area contributed by atoms with Crippen LogP contribution in [-0.2, 0) is 16.0 Å². The van der Waals surface area contributed by atoms with E-state index in [0.717, 1.165) is 17.4 Å². The van der Waals surface area contributed by atoms with Crippen LogP contribution >= 0.6 is 11.8 Å². The minimum Gasteiger partial charge on any atom is -0.487 e. The maximum Gasteiger partial charge on any atom is 0.330 e. The van der Waals surface area contributed by atoms with Crippen LogP contribution in [0.5, 0.6) is 17.2 Å². The van der Waals surface area contributed by atoms with E-state index in [4.69, 9.17) is 26.0 Å². The van der Waals surface area contributed by atoms with Gasteiger partial charge in [0.1, 0.15) is 17.4 Å². The van der Waals surface area contributed by atoms with Crippen LogP contribution in [0.3, 0.4) is 0 Å². The number of rotatable bonds is 5. The lowest BCUT2D eigenvalue weighted by Crippen LogP contribution is -2.39. The Hall–Kier alpha value is -2.31. The van der Waals surface area contributed by atoms with Gasteiger partial charge in [0.05, 0.1) is 0 Å². The third-order valence-electron chi connectivity index (χ3n) is 5.01. The highest BCUT2D eigenvalue weighted by Crippen LogP contribution is 2.50. The molecule has 3 rings (SSSR count). The van der Waals surface area contributed by atoms with Gasteiger partial charge in [0.2, 0.25) is 0 Å². The first-order chi connectivity index (χ1) is 13.6. The van der Waals surface area contributed by atoms with Gasteiger partial charge in [0.25, 0.3) is 0 Å². The molecule has 0 bridgehead atoms. The molecule has 0 radical (unpaired) electrons. The number of fused-ring (bicyclic) bond motifs is 3. The standard InChI is InChI=1S/C22H26ClNO5/c1-12(2)17(24-23)21(26)28-19-15-9-7-6-8-14(15)18-16(20(19)27-13(3)25)10-11-22(4,5)29-18/h6-9,12,17,24H,10-11H2,1-5H3/t17-/m0/s1. The van der Waals surface area contributed by atoms with Gasteiger partial charge in [-0.05, 0) is 44.4 Å². The first kappa shape index (κ1) is 21.4. The Morgan fingerprint density at radius 1 is 1.14 bits per heavy atom. The number of carbonyl (C=O) groups is 2. The number of nitrogens with one attached hydrogen (secondary N) is 1. The Kier molecular flexibility index (Phi) is 6.05. The summed E-state index contributed by atoms with van der Waals surface area (Å²) in [5, 5.41) is 1.43. The molecule has 0 aliphatic carbocycles. The van der Waals surface area contributed by atoms with E-state index in [1.165, 1.54) is 6.92 Å². The van der Waals surface area contributed by atoms with E-state index < -0.39 is 18.0 Å². The average molecular weight is 420 g/mol. The molecule has 0 saturated heterocycles. The van der Waals surface area contributed by atoms with Gasteiger partial charge < -0.3 is 14.2 Å². The molecule has 7 heteroatoms. The molecule has 0 fully saturated rings. The topological polar surface area (TPSA) is 73.9 Å². The average Bonchev–Trinajstić information content (AvgIpc) is 2.63. The fourth-order valence-electron chi connectivity index (χ4n) is 3.46. The predicted molar refractivity (Wildman–Crippen MR) is 112 cm³/mol. The zero-order valence-corrected chi connectivity index (χ0v) is 18.1. The van der Waals surface area contributed by atoms with E-state index in [1.807, 2.05) is 52.0 Å². The van der Waals surface area contributed by atoms with Crippen LogP contribution in [0.2, 0.25) is 0 Å². The Labute approximate surface area is 175 Å². The van der Waals surface area contributed by atoms with E-state index in [0.29, 0.717) is 17.6 Å². The molecule has 0 amide bonds. The number of hydrogen-bond acceptors (Lipinski definition) is 6. The lowest BCUT2D eigenvalue weighted by atomic mass is 9.91. The van der Waals surface area contributed by atoms with Crippen LogP contribution in [0, 0.1) is 5.92 Å². The number of hydrogen-bond donors (Lipinski definition) is 1. The fraction of sp³-hybridized carbons (Fsp3) is 0.455. The van der Waals surface area contributed by atoms with Crippen molar-refractivity contribution in [1.29, 1.82) is 0 Å². The van der Waals surface area contributed by atoms with Gasteiger partial charge in [-0.3, -0.25) is 4.79 Å². The summed E-state index contributed by atoms with van der Waals surface area (Å²) >= 11 is 5.76.